The maximum absolute atomic E-state index is 11.0. The molecule has 118 valence electrons. The number of primary sulfonamides is 1. The average Bonchev–Trinajstić information content (AvgIpc) is 2.38. The summed E-state index contributed by atoms with van der Waals surface area (Å²) in [5.41, 5.74) is 1.60. The van der Waals surface area contributed by atoms with Gasteiger partial charge in [0.15, 0.2) is 0 Å². The first-order valence-electron chi connectivity index (χ1n) is 6.93. The molecule has 1 aromatic rings. The van der Waals surface area contributed by atoms with Crippen molar-refractivity contribution in [2.24, 2.45) is 5.14 Å². The first-order chi connectivity index (χ1) is 9.93. The van der Waals surface area contributed by atoms with Crippen LogP contribution in [-0.4, -0.2) is 40.4 Å². The number of anilines is 1. The molecule has 2 rings (SSSR count). The van der Waals surface area contributed by atoms with Crippen molar-refractivity contribution >= 4 is 15.7 Å². The van der Waals surface area contributed by atoms with E-state index in [0.29, 0.717) is 12.2 Å². The van der Waals surface area contributed by atoms with Crippen molar-refractivity contribution in [1.29, 1.82) is 0 Å². The van der Waals surface area contributed by atoms with E-state index < -0.39 is 10.0 Å². The summed E-state index contributed by atoms with van der Waals surface area (Å²) >= 11 is 0. The van der Waals surface area contributed by atoms with E-state index in [0.717, 1.165) is 12.1 Å². The molecule has 3 N–H and O–H groups in total. The summed E-state index contributed by atoms with van der Waals surface area (Å²) in [6.45, 7) is 2.65. The summed E-state index contributed by atoms with van der Waals surface area (Å²) in [4.78, 5) is 0. The van der Waals surface area contributed by atoms with Gasteiger partial charge in [0, 0.05) is 19.4 Å². The van der Waals surface area contributed by atoms with Crippen LogP contribution in [0.1, 0.15) is 18.9 Å². The second-order valence-corrected chi connectivity index (χ2v) is 6.80. The number of hydrogen-bond acceptors (Lipinski definition) is 5. The van der Waals surface area contributed by atoms with E-state index in [1.54, 1.807) is 19.2 Å². The third-order valence-corrected chi connectivity index (χ3v) is 4.31. The molecule has 0 spiro atoms. The normalized spacial score (nSPS) is 25.4. The van der Waals surface area contributed by atoms with E-state index >= 15 is 0 Å². The Hall–Kier alpha value is -1.15. The van der Waals surface area contributed by atoms with Gasteiger partial charge in [0.25, 0.3) is 0 Å². The molecule has 0 aromatic heterocycles. The Morgan fingerprint density at radius 3 is 2.52 bits per heavy atom. The van der Waals surface area contributed by atoms with E-state index in [9.17, 15) is 8.42 Å². The Bertz CT molecular complexity index is 559. The predicted molar refractivity (Wildman–Crippen MR) is 81.5 cm³/mol. The number of sulfonamides is 1. The molecule has 0 saturated heterocycles. The van der Waals surface area contributed by atoms with Gasteiger partial charge in [0.2, 0.25) is 10.0 Å². The van der Waals surface area contributed by atoms with Crippen LogP contribution in [0.15, 0.2) is 24.3 Å². The third kappa shape index (κ3) is 4.41. The topological polar surface area (TPSA) is 90.6 Å². The summed E-state index contributed by atoms with van der Waals surface area (Å²) in [5.74, 6) is -0.149. The molecule has 3 atom stereocenters. The fourth-order valence-corrected chi connectivity index (χ4v) is 3.22. The molecule has 1 aliphatic carbocycles. The zero-order valence-corrected chi connectivity index (χ0v) is 13.1. The zero-order valence-electron chi connectivity index (χ0n) is 12.3. The van der Waals surface area contributed by atoms with Crippen LogP contribution in [0.3, 0.4) is 0 Å². The molecule has 0 heterocycles. The van der Waals surface area contributed by atoms with Crippen LogP contribution in [-0.2, 0) is 25.2 Å². The molecule has 1 saturated carbocycles. The fourth-order valence-electron chi connectivity index (χ4n) is 2.56. The highest BCUT2D eigenvalue weighted by molar-refractivity contribution is 7.88. The number of ether oxygens (including phenoxy) is 2. The molecular formula is C14H22N2O4S. The maximum Gasteiger partial charge on any atom is 0.213 e. The zero-order chi connectivity index (χ0) is 15.5. The van der Waals surface area contributed by atoms with Crippen LogP contribution in [0.5, 0.6) is 0 Å². The lowest BCUT2D eigenvalue weighted by atomic mass is 9.85. The average molecular weight is 314 g/mol. The van der Waals surface area contributed by atoms with E-state index in [-0.39, 0.29) is 24.0 Å². The van der Waals surface area contributed by atoms with Crippen LogP contribution < -0.4 is 10.5 Å². The number of nitrogens with one attached hydrogen (secondary N) is 1. The monoisotopic (exact) mass is 314 g/mol. The smallest absolute Gasteiger partial charge is 0.213 e. The number of benzene rings is 1. The number of methoxy groups -OCH3 is 1. The lowest BCUT2D eigenvalue weighted by Gasteiger charge is -2.43. The highest BCUT2D eigenvalue weighted by atomic mass is 32.2. The summed E-state index contributed by atoms with van der Waals surface area (Å²) in [6, 6.07) is 7.42. The Morgan fingerprint density at radius 2 is 2.00 bits per heavy atom. The van der Waals surface area contributed by atoms with Crippen LogP contribution in [0, 0.1) is 0 Å². The number of hydrogen-bond donors (Lipinski definition) is 2. The molecule has 1 aromatic carbocycles. The summed E-state index contributed by atoms with van der Waals surface area (Å²) in [5, 5.41) is 8.40. The number of rotatable bonds is 7. The van der Waals surface area contributed by atoms with Gasteiger partial charge in [0.1, 0.15) is 6.10 Å². The van der Waals surface area contributed by atoms with Crippen molar-refractivity contribution in [3.05, 3.63) is 29.8 Å². The second-order valence-electron chi connectivity index (χ2n) is 5.18. The minimum atomic E-state index is -3.49. The van der Waals surface area contributed by atoms with Gasteiger partial charge in [0.05, 0.1) is 17.9 Å². The molecule has 0 radical (unpaired) electrons. The maximum atomic E-state index is 11.0. The van der Waals surface area contributed by atoms with Gasteiger partial charge in [-0.05, 0) is 31.0 Å². The standard InChI is InChI=1S/C14H22N2O4S/c1-3-20-13-8-12(14(13)19-2)16-11-6-4-10(5-7-11)9-21(15,17)18/h4-7,12-14,16H,3,8-9H2,1-2H3,(H2,15,17,18). The van der Waals surface area contributed by atoms with Gasteiger partial charge in [-0.1, -0.05) is 12.1 Å². The predicted octanol–water partition coefficient (Wildman–Crippen LogP) is 1.08. The van der Waals surface area contributed by atoms with Crippen LogP contribution in [0.2, 0.25) is 0 Å². The Kier molecular flexibility index (Phi) is 5.21. The molecule has 7 heteroatoms. The molecule has 6 nitrogen and oxygen atoms in total. The van der Waals surface area contributed by atoms with E-state index in [2.05, 4.69) is 5.32 Å². The highest BCUT2D eigenvalue weighted by Crippen LogP contribution is 2.29. The van der Waals surface area contributed by atoms with E-state index in [1.165, 1.54) is 0 Å². The highest BCUT2D eigenvalue weighted by Gasteiger charge is 2.42. The van der Waals surface area contributed by atoms with Crippen LogP contribution in [0.4, 0.5) is 5.69 Å². The molecule has 0 amide bonds. The molecular weight excluding hydrogens is 292 g/mol. The van der Waals surface area contributed by atoms with Gasteiger partial charge in [-0.3, -0.25) is 0 Å². The molecule has 1 fully saturated rings. The Labute approximate surface area is 125 Å². The second kappa shape index (κ2) is 6.74. The van der Waals surface area contributed by atoms with Crippen molar-refractivity contribution in [2.45, 2.75) is 37.3 Å². The Morgan fingerprint density at radius 1 is 1.33 bits per heavy atom. The number of nitrogens with two attached hydrogens (primary N) is 1. The lowest BCUT2D eigenvalue weighted by molar-refractivity contribution is -0.118. The first-order valence-corrected chi connectivity index (χ1v) is 8.65. The van der Waals surface area contributed by atoms with Gasteiger partial charge < -0.3 is 14.8 Å². The van der Waals surface area contributed by atoms with E-state index in [4.69, 9.17) is 14.6 Å². The molecule has 21 heavy (non-hydrogen) atoms. The largest absolute Gasteiger partial charge is 0.379 e. The van der Waals surface area contributed by atoms with Crippen molar-refractivity contribution < 1.29 is 17.9 Å². The van der Waals surface area contributed by atoms with Crippen molar-refractivity contribution in [1.82, 2.24) is 0 Å². The van der Waals surface area contributed by atoms with Gasteiger partial charge >= 0.3 is 0 Å². The molecule has 0 bridgehead atoms. The summed E-state index contributed by atoms with van der Waals surface area (Å²) in [7, 11) is -1.81. The van der Waals surface area contributed by atoms with Crippen molar-refractivity contribution in [3.8, 4) is 0 Å². The molecule has 1 aliphatic rings. The van der Waals surface area contributed by atoms with E-state index in [1.807, 2.05) is 19.1 Å². The first kappa shape index (κ1) is 16.2. The minimum absolute atomic E-state index is 0.0362. The summed E-state index contributed by atoms with van der Waals surface area (Å²) < 4.78 is 33.1. The third-order valence-electron chi connectivity index (χ3n) is 3.58. The van der Waals surface area contributed by atoms with Crippen molar-refractivity contribution in [3.63, 3.8) is 0 Å². The van der Waals surface area contributed by atoms with Crippen LogP contribution in [0.25, 0.3) is 0 Å². The van der Waals surface area contributed by atoms with Gasteiger partial charge in [-0.2, -0.15) is 0 Å². The van der Waals surface area contributed by atoms with Gasteiger partial charge in [-0.25, -0.2) is 13.6 Å². The molecule has 3 unspecified atom stereocenters. The van der Waals surface area contributed by atoms with Crippen molar-refractivity contribution in [2.75, 3.05) is 19.0 Å². The molecule has 0 aliphatic heterocycles. The minimum Gasteiger partial charge on any atom is -0.379 e. The Balaban J connectivity index is 1.92. The lowest BCUT2D eigenvalue weighted by Crippen LogP contribution is -2.56. The SMILES string of the molecule is CCOC1CC(Nc2ccc(CS(N)(=O)=O)cc2)C1OC. The van der Waals surface area contributed by atoms with Crippen LogP contribution >= 0.6 is 0 Å². The summed E-state index contributed by atoms with van der Waals surface area (Å²) in [6.07, 6.45) is 1.07. The fraction of sp³-hybridized carbons (Fsp3) is 0.571. The quantitative estimate of drug-likeness (QED) is 0.786. The van der Waals surface area contributed by atoms with Gasteiger partial charge in [-0.15, -0.1) is 0 Å².